The van der Waals surface area contributed by atoms with Crippen LogP contribution < -0.4 is 20.5 Å². The lowest BCUT2D eigenvalue weighted by Gasteiger charge is -2.12. The van der Waals surface area contributed by atoms with E-state index in [1.807, 2.05) is 23.6 Å². The third-order valence-electron chi connectivity index (χ3n) is 4.72. The molecule has 0 bridgehead atoms. The SMILES string of the molecule is CCC(=O)NCCn1c(Sc2cc3c(cc2CSCC=N)OCO3)nc2c(N)ncnc21. The van der Waals surface area contributed by atoms with Crippen molar-refractivity contribution >= 4 is 52.6 Å². The molecule has 1 aromatic carbocycles. The van der Waals surface area contributed by atoms with Crippen LogP contribution in [0.2, 0.25) is 0 Å². The zero-order valence-corrected chi connectivity index (χ0v) is 19.1. The van der Waals surface area contributed by atoms with E-state index in [-0.39, 0.29) is 12.7 Å². The normalized spacial score (nSPS) is 12.3. The Kier molecular flexibility index (Phi) is 7.00. The lowest BCUT2D eigenvalue weighted by atomic mass is 10.2. The Bertz CT molecular complexity index is 1150. The average Bonchev–Trinajstić information content (AvgIpc) is 3.39. The Morgan fingerprint density at radius 3 is 2.94 bits per heavy atom. The Balaban J connectivity index is 1.68. The fourth-order valence-corrected chi connectivity index (χ4v) is 4.98. The average molecular weight is 474 g/mol. The summed E-state index contributed by atoms with van der Waals surface area (Å²) in [6.45, 7) is 2.94. The minimum Gasteiger partial charge on any atom is -0.454 e. The lowest BCUT2D eigenvalue weighted by molar-refractivity contribution is -0.120. The van der Waals surface area contributed by atoms with Crippen molar-refractivity contribution in [1.82, 2.24) is 24.8 Å². The van der Waals surface area contributed by atoms with Gasteiger partial charge in [-0.1, -0.05) is 18.7 Å². The molecule has 10 nitrogen and oxygen atoms in total. The van der Waals surface area contributed by atoms with Crippen molar-refractivity contribution in [2.24, 2.45) is 0 Å². The molecule has 4 N–H and O–H groups in total. The molecular weight excluding hydrogens is 450 g/mol. The van der Waals surface area contributed by atoms with Crippen LogP contribution in [0.1, 0.15) is 18.9 Å². The van der Waals surface area contributed by atoms with Gasteiger partial charge in [0.25, 0.3) is 0 Å². The largest absolute Gasteiger partial charge is 0.454 e. The van der Waals surface area contributed by atoms with Gasteiger partial charge in [-0.2, -0.15) is 11.8 Å². The number of anilines is 1. The number of imidazole rings is 1. The number of hydrogen-bond acceptors (Lipinski definition) is 10. The van der Waals surface area contributed by atoms with Gasteiger partial charge >= 0.3 is 0 Å². The van der Waals surface area contributed by atoms with E-state index in [0.717, 1.165) is 10.5 Å². The number of fused-ring (bicyclic) bond motifs is 2. The molecule has 1 amide bonds. The first-order valence-corrected chi connectivity index (χ1v) is 12.0. The van der Waals surface area contributed by atoms with Crippen LogP contribution in [-0.4, -0.2) is 50.7 Å². The maximum Gasteiger partial charge on any atom is 0.231 e. The molecule has 0 saturated carbocycles. The first-order valence-electron chi connectivity index (χ1n) is 10.0. The van der Waals surface area contributed by atoms with E-state index in [4.69, 9.17) is 25.6 Å². The van der Waals surface area contributed by atoms with Gasteiger partial charge in [-0.05, 0) is 17.7 Å². The van der Waals surface area contributed by atoms with E-state index in [1.54, 1.807) is 11.8 Å². The quantitative estimate of drug-likeness (QED) is 0.299. The number of amides is 1. The number of nitrogens with one attached hydrogen (secondary N) is 2. The summed E-state index contributed by atoms with van der Waals surface area (Å²) in [5, 5.41) is 10.9. The maximum atomic E-state index is 11.7. The Labute approximate surface area is 193 Å². The molecule has 12 heteroatoms. The van der Waals surface area contributed by atoms with Gasteiger partial charge in [-0.25, -0.2) is 15.0 Å². The monoisotopic (exact) mass is 473 g/mol. The number of nitrogens with two attached hydrogens (primary N) is 1. The third kappa shape index (κ3) is 4.75. The highest BCUT2D eigenvalue weighted by atomic mass is 32.2. The standard InChI is InChI=1S/C20H23N7O3S2/c1-2-16(28)23-4-5-27-19-17(18(22)24-10-25-19)26-20(27)32-15-8-14-13(29-11-30-14)7-12(15)9-31-6-3-21/h3,7-8,10,21H,2,4-6,9,11H2,1H3,(H,23,28)(H2,22,24,25). The number of carbonyl (C=O) groups excluding carboxylic acids is 1. The van der Waals surface area contributed by atoms with Crippen molar-refractivity contribution in [3.63, 3.8) is 0 Å². The predicted molar refractivity (Wildman–Crippen MR) is 125 cm³/mol. The van der Waals surface area contributed by atoms with Gasteiger partial charge in [-0.15, -0.1) is 0 Å². The molecule has 3 aromatic rings. The first kappa shape index (κ1) is 22.2. The molecule has 4 rings (SSSR count). The number of nitrogens with zero attached hydrogens (tertiary/aromatic N) is 4. The second-order valence-electron chi connectivity index (χ2n) is 6.82. The Morgan fingerprint density at radius 1 is 1.34 bits per heavy atom. The van der Waals surface area contributed by atoms with Crippen LogP contribution in [0, 0.1) is 5.41 Å². The molecule has 0 atom stereocenters. The topological polar surface area (TPSA) is 141 Å². The zero-order chi connectivity index (χ0) is 22.5. The molecule has 3 heterocycles. The van der Waals surface area contributed by atoms with E-state index in [9.17, 15) is 4.79 Å². The molecule has 2 aromatic heterocycles. The third-order valence-corrected chi connectivity index (χ3v) is 6.73. The van der Waals surface area contributed by atoms with Crippen molar-refractivity contribution in [3.05, 3.63) is 24.0 Å². The van der Waals surface area contributed by atoms with Gasteiger partial charge in [0.15, 0.2) is 33.6 Å². The number of ether oxygens (including phenoxy) is 2. The summed E-state index contributed by atoms with van der Waals surface area (Å²) in [5.74, 6) is 3.03. The summed E-state index contributed by atoms with van der Waals surface area (Å²) in [6, 6.07) is 3.93. The van der Waals surface area contributed by atoms with Crippen LogP contribution in [0.3, 0.4) is 0 Å². The van der Waals surface area contributed by atoms with Gasteiger partial charge in [0.2, 0.25) is 12.7 Å². The van der Waals surface area contributed by atoms with Crippen molar-refractivity contribution in [2.75, 3.05) is 24.8 Å². The predicted octanol–water partition coefficient (Wildman–Crippen LogP) is 2.70. The highest BCUT2D eigenvalue weighted by Gasteiger charge is 2.21. The molecule has 0 unspecified atom stereocenters. The van der Waals surface area contributed by atoms with Crippen molar-refractivity contribution in [2.45, 2.75) is 35.7 Å². The molecule has 0 spiro atoms. The minimum atomic E-state index is -0.0148. The van der Waals surface area contributed by atoms with Crippen LogP contribution >= 0.6 is 23.5 Å². The summed E-state index contributed by atoms with van der Waals surface area (Å²) < 4.78 is 13.1. The lowest BCUT2D eigenvalue weighted by Crippen LogP contribution is -2.26. The fourth-order valence-electron chi connectivity index (χ4n) is 3.14. The zero-order valence-electron chi connectivity index (χ0n) is 17.5. The molecule has 0 radical (unpaired) electrons. The van der Waals surface area contributed by atoms with Gasteiger partial charge in [0, 0.05) is 42.1 Å². The summed E-state index contributed by atoms with van der Waals surface area (Å²) in [4.78, 5) is 25.8. The minimum absolute atomic E-state index is 0.0148. The summed E-state index contributed by atoms with van der Waals surface area (Å²) in [5.41, 5.74) is 8.25. The van der Waals surface area contributed by atoms with Gasteiger partial charge in [0.1, 0.15) is 6.33 Å². The molecule has 0 aliphatic carbocycles. The van der Waals surface area contributed by atoms with E-state index in [0.29, 0.717) is 64.7 Å². The fraction of sp³-hybridized carbons (Fsp3) is 0.350. The number of hydrogen-bond donors (Lipinski definition) is 3. The molecule has 1 aliphatic rings. The van der Waals surface area contributed by atoms with Crippen LogP contribution in [0.5, 0.6) is 11.5 Å². The number of rotatable bonds is 10. The van der Waals surface area contributed by atoms with Gasteiger partial charge in [-0.3, -0.25) is 4.79 Å². The number of aromatic nitrogens is 4. The molecule has 1 aliphatic heterocycles. The second kappa shape index (κ2) is 10.1. The molecule has 0 saturated heterocycles. The molecule has 168 valence electrons. The number of benzene rings is 1. The van der Waals surface area contributed by atoms with Crippen LogP contribution in [0.4, 0.5) is 5.82 Å². The van der Waals surface area contributed by atoms with Gasteiger partial charge in [0.05, 0.1) is 0 Å². The molecular formula is C20H23N7O3S2. The van der Waals surface area contributed by atoms with Crippen molar-refractivity contribution in [3.8, 4) is 11.5 Å². The van der Waals surface area contributed by atoms with E-state index in [2.05, 4.69) is 15.3 Å². The second-order valence-corrected chi connectivity index (χ2v) is 8.85. The first-order chi connectivity index (χ1) is 15.6. The summed E-state index contributed by atoms with van der Waals surface area (Å²) in [6.07, 6.45) is 3.22. The number of thioether (sulfide) groups is 1. The van der Waals surface area contributed by atoms with Crippen LogP contribution in [0.15, 0.2) is 28.5 Å². The summed E-state index contributed by atoms with van der Waals surface area (Å²) in [7, 11) is 0. The molecule has 0 fully saturated rings. The number of carbonyl (C=O) groups is 1. The summed E-state index contributed by atoms with van der Waals surface area (Å²) >= 11 is 3.11. The number of nitrogen functional groups attached to an aromatic ring is 1. The van der Waals surface area contributed by atoms with Crippen LogP contribution in [-0.2, 0) is 17.1 Å². The van der Waals surface area contributed by atoms with Crippen LogP contribution in [0.25, 0.3) is 11.2 Å². The Morgan fingerprint density at radius 2 is 2.16 bits per heavy atom. The van der Waals surface area contributed by atoms with Crippen molar-refractivity contribution in [1.29, 1.82) is 5.41 Å². The highest BCUT2D eigenvalue weighted by molar-refractivity contribution is 8.00. The molecule has 32 heavy (non-hydrogen) atoms. The van der Waals surface area contributed by atoms with Gasteiger partial charge < -0.3 is 30.5 Å². The highest BCUT2D eigenvalue weighted by Crippen LogP contribution is 2.42. The Hall–Kier alpha value is -2.99. The van der Waals surface area contributed by atoms with E-state index in [1.165, 1.54) is 24.3 Å². The van der Waals surface area contributed by atoms with Crippen molar-refractivity contribution < 1.29 is 14.3 Å². The van der Waals surface area contributed by atoms with E-state index < -0.39 is 0 Å². The van der Waals surface area contributed by atoms with E-state index >= 15 is 0 Å². The smallest absolute Gasteiger partial charge is 0.231 e. The maximum absolute atomic E-state index is 11.7.